The lowest BCUT2D eigenvalue weighted by molar-refractivity contribution is -0.123. The standard InChI is InChI=1S/C22H26N4O3/c1-16(23-21(28)17-8-4-2-5-9-17)20(27)24-19-12-14-26(15-13-19)22(29)25-18-10-6-3-7-11-18/h2-11,16,19H,12-15H2,1H3,(H,23,28)(H,24,27)(H,25,29)/t16-/m1/s1. The van der Waals surface area contributed by atoms with E-state index in [0.29, 0.717) is 31.5 Å². The van der Waals surface area contributed by atoms with Crippen molar-refractivity contribution in [2.24, 2.45) is 0 Å². The molecule has 0 aliphatic carbocycles. The van der Waals surface area contributed by atoms with Gasteiger partial charge in [0, 0.05) is 30.4 Å². The number of anilines is 1. The van der Waals surface area contributed by atoms with Crippen LogP contribution in [0, 0.1) is 0 Å². The van der Waals surface area contributed by atoms with Crippen molar-refractivity contribution in [1.29, 1.82) is 0 Å². The van der Waals surface area contributed by atoms with Crippen molar-refractivity contribution in [3.63, 3.8) is 0 Å². The summed E-state index contributed by atoms with van der Waals surface area (Å²) in [6.07, 6.45) is 1.35. The van der Waals surface area contributed by atoms with E-state index in [1.54, 1.807) is 36.1 Å². The number of nitrogens with one attached hydrogen (secondary N) is 3. The Kier molecular flexibility index (Phi) is 6.84. The van der Waals surface area contributed by atoms with E-state index in [1.807, 2.05) is 36.4 Å². The van der Waals surface area contributed by atoms with Gasteiger partial charge in [-0.2, -0.15) is 0 Å². The molecule has 1 saturated heterocycles. The number of amides is 4. The van der Waals surface area contributed by atoms with E-state index in [4.69, 9.17) is 0 Å². The first-order valence-corrected chi connectivity index (χ1v) is 9.80. The number of nitrogens with zero attached hydrogens (tertiary/aromatic N) is 1. The Balaban J connectivity index is 1.42. The summed E-state index contributed by atoms with van der Waals surface area (Å²) in [7, 11) is 0. The zero-order valence-corrected chi connectivity index (χ0v) is 16.4. The molecule has 7 nitrogen and oxygen atoms in total. The second-order valence-corrected chi connectivity index (χ2v) is 7.13. The number of likely N-dealkylation sites (tertiary alicyclic amines) is 1. The lowest BCUT2D eigenvalue weighted by atomic mass is 10.0. The van der Waals surface area contributed by atoms with Gasteiger partial charge in [0.2, 0.25) is 5.91 Å². The van der Waals surface area contributed by atoms with Gasteiger partial charge < -0.3 is 20.9 Å². The molecule has 152 valence electrons. The second kappa shape index (κ2) is 9.73. The van der Waals surface area contributed by atoms with Crippen molar-refractivity contribution in [2.45, 2.75) is 31.8 Å². The number of carbonyl (C=O) groups is 3. The Morgan fingerprint density at radius 3 is 2.14 bits per heavy atom. The first-order chi connectivity index (χ1) is 14.0. The third-order valence-corrected chi connectivity index (χ3v) is 4.93. The number of rotatable bonds is 5. The summed E-state index contributed by atoms with van der Waals surface area (Å²) in [5.74, 6) is -0.498. The molecule has 0 radical (unpaired) electrons. The minimum Gasteiger partial charge on any atom is -0.351 e. The summed E-state index contributed by atoms with van der Waals surface area (Å²) in [4.78, 5) is 38.7. The number of carbonyl (C=O) groups excluding carboxylic acids is 3. The van der Waals surface area contributed by atoms with Gasteiger partial charge in [-0.25, -0.2) is 4.79 Å². The molecule has 29 heavy (non-hydrogen) atoms. The van der Waals surface area contributed by atoms with Crippen molar-refractivity contribution in [2.75, 3.05) is 18.4 Å². The van der Waals surface area contributed by atoms with Crippen LogP contribution in [-0.2, 0) is 4.79 Å². The van der Waals surface area contributed by atoms with Crippen molar-refractivity contribution in [3.8, 4) is 0 Å². The van der Waals surface area contributed by atoms with Crippen molar-refractivity contribution < 1.29 is 14.4 Å². The predicted octanol–water partition coefficient (Wildman–Crippen LogP) is 2.62. The summed E-state index contributed by atoms with van der Waals surface area (Å²) in [6, 6.07) is 17.3. The Bertz CT molecular complexity index is 834. The van der Waals surface area contributed by atoms with Crippen LogP contribution in [-0.4, -0.2) is 47.9 Å². The van der Waals surface area contributed by atoms with Crippen LogP contribution in [0.3, 0.4) is 0 Å². The molecule has 0 aromatic heterocycles. The number of para-hydroxylation sites is 1. The molecule has 0 spiro atoms. The lowest BCUT2D eigenvalue weighted by Crippen LogP contribution is -2.52. The first-order valence-electron chi connectivity index (χ1n) is 9.80. The van der Waals surface area contributed by atoms with Gasteiger partial charge in [-0.15, -0.1) is 0 Å². The fraction of sp³-hybridized carbons (Fsp3) is 0.318. The minimum absolute atomic E-state index is 0.0145. The van der Waals surface area contributed by atoms with E-state index in [-0.39, 0.29) is 23.9 Å². The van der Waals surface area contributed by atoms with Crippen LogP contribution in [0.25, 0.3) is 0 Å². The van der Waals surface area contributed by atoms with Gasteiger partial charge in [-0.3, -0.25) is 9.59 Å². The van der Waals surface area contributed by atoms with Crippen LogP contribution in [0.1, 0.15) is 30.1 Å². The van der Waals surface area contributed by atoms with Gasteiger partial charge in [0.15, 0.2) is 0 Å². The van der Waals surface area contributed by atoms with Gasteiger partial charge >= 0.3 is 6.03 Å². The van der Waals surface area contributed by atoms with Crippen LogP contribution < -0.4 is 16.0 Å². The maximum atomic E-state index is 12.4. The average Bonchev–Trinajstić information content (AvgIpc) is 2.75. The van der Waals surface area contributed by atoms with Gasteiger partial charge in [-0.05, 0) is 44.0 Å². The maximum Gasteiger partial charge on any atom is 0.321 e. The molecule has 1 fully saturated rings. The summed E-state index contributed by atoms with van der Waals surface area (Å²) in [5, 5.41) is 8.56. The second-order valence-electron chi connectivity index (χ2n) is 7.13. The molecule has 0 saturated carbocycles. The molecule has 7 heteroatoms. The topological polar surface area (TPSA) is 90.5 Å². The normalized spacial score (nSPS) is 15.3. The molecule has 2 aromatic carbocycles. The quantitative estimate of drug-likeness (QED) is 0.728. The highest BCUT2D eigenvalue weighted by atomic mass is 16.2. The smallest absolute Gasteiger partial charge is 0.321 e. The van der Waals surface area contributed by atoms with E-state index in [0.717, 1.165) is 5.69 Å². The van der Waals surface area contributed by atoms with Crippen molar-refractivity contribution >= 4 is 23.5 Å². The highest BCUT2D eigenvalue weighted by Crippen LogP contribution is 2.13. The van der Waals surface area contributed by atoms with E-state index in [1.165, 1.54) is 0 Å². The minimum atomic E-state index is -0.637. The molecule has 4 amide bonds. The summed E-state index contributed by atoms with van der Waals surface area (Å²) in [6.45, 7) is 2.79. The summed E-state index contributed by atoms with van der Waals surface area (Å²) >= 11 is 0. The average molecular weight is 394 g/mol. The monoisotopic (exact) mass is 394 g/mol. The molecule has 0 bridgehead atoms. The third kappa shape index (κ3) is 5.81. The fourth-order valence-corrected chi connectivity index (χ4v) is 3.21. The molecular formula is C22H26N4O3. The fourth-order valence-electron chi connectivity index (χ4n) is 3.21. The number of benzene rings is 2. The zero-order chi connectivity index (χ0) is 20.6. The molecule has 0 unspecified atom stereocenters. The number of urea groups is 1. The number of hydrogen-bond donors (Lipinski definition) is 3. The Morgan fingerprint density at radius 2 is 1.52 bits per heavy atom. The molecule has 1 heterocycles. The van der Waals surface area contributed by atoms with E-state index in [9.17, 15) is 14.4 Å². The Morgan fingerprint density at radius 1 is 0.931 bits per heavy atom. The highest BCUT2D eigenvalue weighted by Gasteiger charge is 2.26. The van der Waals surface area contributed by atoms with Crippen molar-refractivity contribution in [1.82, 2.24) is 15.5 Å². The van der Waals surface area contributed by atoms with Crippen LogP contribution in [0.5, 0.6) is 0 Å². The summed E-state index contributed by atoms with van der Waals surface area (Å²) < 4.78 is 0. The Hall–Kier alpha value is -3.35. The molecule has 1 atom stereocenters. The molecule has 1 aliphatic rings. The van der Waals surface area contributed by atoms with Crippen LogP contribution in [0.4, 0.5) is 10.5 Å². The molecular weight excluding hydrogens is 368 g/mol. The third-order valence-electron chi connectivity index (χ3n) is 4.93. The predicted molar refractivity (Wildman–Crippen MR) is 112 cm³/mol. The van der Waals surface area contributed by atoms with Gasteiger partial charge in [0.1, 0.15) is 6.04 Å². The van der Waals surface area contributed by atoms with Gasteiger partial charge in [-0.1, -0.05) is 36.4 Å². The molecule has 2 aromatic rings. The lowest BCUT2D eigenvalue weighted by Gasteiger charge is -2.33. The highest BCUT2D eigenvalue weighted by molar-refractivity contribution is 5.97. The van der Waals surface area contributed by atoms with Crippen LogP contribution in [0.15, 0.2) is 60.7 Å². The largest absolute Gasteiger partial charge is 0.351 e. The zero-order valence-electron chi connectivity index (χ0n) is 16.4. The van der Waals surface area contributed by atoms with Crippen LogP contribution >= 0.6 is 0 Å². The van der Waals surface area contributed by atoms with Gasteiger partial charge in [0.25, 0.3) is 5.91 Å². The first kappa shape index (κ1) is 20.4. The van der Waals surface area contributed by atoms with Gasteiger partial charge in [0.05, 0.1) is 0 Å². The van der Waals surface area contributed by atoms with Crippen molar-refractivity contribution in [3.05, 3.63) is 66.2 Å². The van der Waals surface area contributed by atoms with E-state index >= 15 is 0 Å². The van der Waals surface area contributed by atoms with E-state index < -0.39 is 6.04 Å². The number of hydrogen-bond acceptors (Lipinski definition) is 3. The maximum absolute atomic E-state index is 12.4. The summed E-state index contributed by atoms with van der Waals surface area (Å²) in [5.41, 5.74) is 1.28. The Labute approximate surface area is 170 Å². The van der Waals surface area contributed by atoms with Crippen LogP contribution in [0.2, 0.25) is 0 Å². The number of piperidine rings is 1. The van der Waals surface area contributed by atoms with E-state index in [2.05, 4.69) is 16.0 Å². The SMILES string of the molecule is C[C@@H](NC(=O)c1ccccc1)C(=O)NC1CCN(C(=O)Nc2ccccc2)CC1. The molecule has 3 rings (SSSR count). The molecule has 1 aliphatic heterocycles. The molecule has 3 N–H and O–H groups in total.